The number of nitrogens with zero attached hydrogens (tertiary/aromatic N) is 7. The number of hydrogen-bond acceptors (Lipinski definition) is 10. The van der Waals surface area contributed by atoms with Gasteiger partial charge in [0, 0.05) is 31.2 Å². The van der Waals surface area contributed by atoms with Crippen molar-refractivity contribution in [3.05, 3.63) is 52.0 Å². The Balaban J connectivity index is 1.69. The highest BCUT2D eigenvalue weighted by molar-refractivity contribution is 7.17. The second kappa shape index (κ2) is 7.84. The van der Waals surface area contributed by atoms with Gasteiger partial charge in [0.1, 0.15) is 11.8 Å². The molecule has 4 rings (SSSR count). The first-order valence-electron chi connectivity index (χ1n) is 8.73. The van der Waals surface area contributed by atoms with Crippen LogP contribution in [0.25, 0.3) is 16.4 Å². The molecule has 0 saturated carbocycles. The number of nitriles is 1. The SMILES string of the molecule is COc1c(-c2nn(C)cc2C#N)cc(C(=O)Nc2nnc(-n3nccc3C)s2)oc1=O. The molecule has 0 saturated heterocycles. The highest BCUT2D eigenvalue weighted by Crippen LogP contribution is 2.30. The van der Waals surface area contributed by atoms with Gasteiger partial charge in [-0.05, 0) is 13.0 Å². The third-order valence-corrected chi connectivity index (χ3v) is 5.00. The van der Waals surface area contributed by atoms with Crippen LogP contribution in [-0.4, -0.2) is 42.8 Å². The van der Waals surface area contributed by atoms with Crippen LogP contribution in [0.5, 0.6) is 5.75 Å². The van der Waals surface area contributed by atoms with Crippen LogP contribution in [0, 0.1) is 18.3 Å². The van der Waals surface area contributed by atoms with Gasteiger partial charge in [-0.2, -0.15) is 15.5 Å². The summed E-state index contributed by atoms with van der Waals surface area (Å²) in [4.78, 5) is 25.1. The molecule has 1 amide bonds. The molecule has 0 bridgehead atoms. The molecule has 0 atom stereocenters. The number of methoxy groups -OCH3 is 1. The lowest BCUT2D eigenvalue weighted by Gasteiger charge is -2.07. The van der Waals surface area contributed by atoms with Crippen LogP contribution in [0.15, 0.2) is 33.7 Å². The minimum atomic E-state index is -0.884. The number of ether oxygens (including phenoxy) is 1. The lowest BCUT2D eigenvalue weighted by Crippen LogP contribution is -2.16. The van der Waals surface area contributed by atoms with Crippen LogP contribution < -0.4 is 15.7 Å². The van der Waals surface area contributed by atoms with Gasteiger partial charge in [0.05, 0.1) is 18.2 Å². The van der Waals surface area contributed by atoms with Gasteiger partial charge in [0.25, 0.3) is 5.91 Å². The predicted molar refractivity (Wildman–Crippen MR) is 108 cm³/mol. The summed E-state index contributed by atoms with van der Waals surface area (Å²) < 4.78 is 13.2. The summed E-state index contributed by atoms with van der Waals surface area (Å²) in [6.07, 6.45) is 3.11. The summed E-state index contributed by atoms with van der Waals surface area (Å²) in [5, 5.41) is 28.8. The maximum absolute atomic E-state index is 12.7. The highest BCUT2D eigenvalue weighted by Gasteiger charge is 2.23. The van der Waals surface area contributed by atoms with Gasteiger partial charge < -0.3 is 9.15 Å². The van der Waals surface area contributed by atoms with Crippen LogP contribution >= 0.6 is 11.3 Å². The fraction of sp³-hybridized carbons (Fsp3) is 0.167. The molecule has 0 spiro atoms. The maximum atomic E-state index is 12.7. The van der Waals surface area contributed by atoms with Gasteiger partial charge in [-0.25, -0.2) is 9.48 Å². The molecule has 156 valence electrons. The molecule has 0 radical (unpaired) electrons. The Hall–Kier alpha value is -4.31. The van der Waals surface area contributed by atoms with E-state index in [0.29, 0.717) is 5.13 Å². The van der Waals surface area contributed by atoms with Crippen LogP contribution in [0.4, 0.5) is 5.13 Å². The summed E-state index contributed by atoms with van der Waals surface area (Å²) in [7, 11) is 2.91. The van der Waals surface area contributed by atoms with E-state index in [4.69, 9.17) is 9.15 Å². The van der Waals surface area contributed by atoms with E-state index >= 15 is 0 Å². The minimum Gasteiger partial charge on any atom is -0.489 e. The summed E-state index contributed by atoms with van der Waals surface area (Å²) in [6, 6.07) is 5.09. The monoisotopic (exact) mass is 438 g/mol. The second-order valence-electron chi connectivity index (χ2n) is 6.25. The third-order valence-electron chi connectivity index (χ3n) is 4.19. The average Bonchev–Trinajstić information content (AvgIpc) is 3.46. The number of hydrogen-bond donors (Lipinski definition) is 1. The van der Waals surface area contributed by atoms with Crippen LogP contribution in [0.3, 0.4) is 0 Å². The fourth-order valence-electron chi connectivity index (χ4n) is 2.81. The molecule has 12 nitrogen and oxygen atoms in total. The van der Waals surface area contributed by atoms with Crippen molar-refractivity contribution in [1.29, 1.82) is 5.26 Å². The first-order valence-corrected chi connectivity index (χ1v) is 9.55. The van der Waals surface area contributed by atoms with Crippen molar-refractivity contribution in [3.63, 3.8) is 0 Å². The lowest BCUT2D eigenvalue weighted by atomic mass is 10.1. The molecule has 4 heterocycles. The summed E-state index contributed by atoms with van der Waals surface area (Å²) >= 11 is 1.09. The Labute approximate surface area is 178 Å². The normalized spacial score (nSPS) is 10.6. The van der Waals surface area contributed by atoms with Gasteiger partial charge >= 0.3 is 5.63 Å². The number of amides is 1. The van der Waals surface area contributed by atoms with Gasteiger partial charge in [0.15, 0.2) is 5.76 Å². The third kappa shape index (κ3) is 3.67. The van der Waals surface area contributed by atoms with Gasteiger partial charge in [0.2, 0.25) is 16.0 Å². The molecule has 31 heavy (non-hydrogen) atoms. The Morgan fingerprint density at radius 3 is 2.87 bits per heavy atom. The van der Waals surface area contributed by atoms with Gasteiger partial charge in [-0.15, -0.1) is 10.2 Å². The lowest BCUT2D eigenvalue weighted by molar-refractivity contribution is 0.0991. The Morgan fingerprint density at radius 2 is 2.19 bits per heavy atom. The van der Waals surface area contributed by atoms with E-state index in [1.807, 2.05) is 13.0 Å². The van der Waals surface area contributed by atoms with E-state index in [2.05, 4.69) is 25.7 Å². The van der Waals surface area contributed by atoms with Crippen LogP contribution in [-0.2, 0) is 7.05 Å². The second-order valence-corrected chi connectivity index (χ2v) is 7.21. The number of aryl methyl sites for hydroxylation is 2. The van der Waals surface area contributed by atoms with Gasteiger partial charge in [-0.3, -0.25) is 14.8 Å². The van der Waals surface area contributed by atoms with Crippen LogP contribution in [0.2, 0.25) is 0 Å². The standard InChI is InChI=1S/C18H14N8O4S/c1-9-4-5-20-26(9)18-23-22-17(31-18)21-15(27)12-6-11(14(29-3)16(28)30-12)13-10(7-19)8-25(2)24-13/h4-6,8H,1-3H3,(H,21,22,27). The van der Waals surface area contributed by atoms with Crippen molar-refractivity contribution in [2.75, 3.05) is 12.4 Å². The van der Waals surface area contributed by atoms with Gasteiger partial charge in [-0.1, -0.05) is 11.3 Å². The summed E-state index contributed by atoms with van der Waals surface area (Å²) in [5.74, 6) is -1.20. The summed E-state index contributed by atoms with van der Waals surface area (Å²) in [6.45, 7) is 1.85. The molecule has 4 aromatic rings. The van der Waals surface area contributed by atoms with Crippen LogP contribution in [0.1, 0.15) is 21.8 Å². The zero-order valence-corrected chi connectivity index (χ0v) is 17.3. The first-order chi connectivity index (χ1) is 14.9. The molecular formula is C18H14N8O4S. The number of carbonyl (C=O) groups excluding carboxylic acids is 1. The summed E-state index contributed by atoms with van der Waals surface area (Å²) in [5.41, 5.74) is 0.525. The Bertz CT molecular complexity index is 1390. The average molecular weight is 438 g/mol. The van der Waals surface area contributed by atoms with Crippen molar-refractivity contribution in [3.8, 4) is 28.2 Å². The largest absolute Gasteiger partial charge is 0.489 e. The number of anilines is 1. The highest BCUT2D eigenvalue weighted by atomic mass is 32.1. The maximum Gasteiger partial charge on any atom is 0.379 e. The molecule has 13 heteroatoms. The van der Waals surface area contributed by atoms with Crippen molar-refractivity contribution in [2.45, 2.75) is 6.92 Å². The number of carbonyl (C=O) groups is 1. The Kier molecular flexibility index (Phi) is 5.05. The van der Waals surface area contributed by atoms with Crippen molar-refractivity contribution in [2.24, 2.45) is 7.05 Å². The number of nitrogens with one attached hydrogen (secondary N) is 1. The molecule has 0 unspecified atom stereocenters. The Morgan fingerprint density at radius 1 is 1.39 bits per heavy atom. The first kappa shape index (κ1) is 20.0. The molecule has 0 aliphatic carbocycles. The quantitative estimate of drug-likeness (QED) is 0.488. The number of aromatic nitrogens is 6. The predicted octanol–water partition coefficient (Wildman–Crippen LogP) is 1.52. The topological polar surface area (TPSA) is 154 Å². The van der Waals surface area contributed by atoms with Crippen molar-refractivity contribution in [1.82, 2.24) is 29.8 Å². The van der Waals surface area contributed by atoms with Crippen molar-refractivity contribution >= 4 is 22.4 Å². The molecule has 0 aromatic carbocycles. The molecule has 1 N–H and O–H groups in total. The number of rotatable bonds is 5. The fourth-order valence-corrected chi connectivity index (χ4v) is 3.57. The van der Waals surface area contributed by atoms with E-state index < -0.39 is 11.5 Å². The van der Waals surface area contributed by atoms with E-state index in [1.165, 1.54) is 24.1 Å². The zero-order chi connectivity index (χ0) is 22.1. The van der Waals surface area contributed by atoms with E-state index in [9.17, 15) is 14.9 Å². The van der Waals surface area contributed by atoms with E-state index in [0.717, 1.165) is 17.0 Å². The molecule has 0 aliphatic rings. The molecule has 0 aliphatic heterocycles. The minimum absolute atomic E-state index is 0.158. The molecule has 0 fully saturated rings. The van der Waals surface area contributed by atoms with Crippen molar-refractivity contribution < 1.29 is 13.9 Å². The van der Waals surface area contributed by atoms with E-state index in [1.54, 1.807) is 24.0 Å². The zero-order valence-electron chi connectivity index (χ0n) is 16.5. The van der Waals surface area contributed by atoms with E-state index in [-0.39, 0.29) is 33.5 Å². The molecule has 4 aromatic heterocycles. The molecular weight excluding hydrogens is 424 g/mol. The smallest absolute Gasteiger partial charge is 0.379 e.